The second-order valence-electron chi connectivity index (χ2n) is 12.4. The molecule has 0 heterocycles. The van der Waals surface area contributed by atoms with Crippen LogP contribution in [0.15, 0.2) is 47.4 Å². The molecule has 0 aromatic heterocycles. The van der Waals surface area contributed by atoms with Crippen molar-refractivity contribution in [3.8, 4) is 5.75 Å². The number of benzene rings is 2. The van der Waals surface area contributed by atoms with E-state index in [1.54, 1.807) is 38.5 Å². The summed E-state index contributed by atoms with van der Waals surface area (Å²) in [6.07, 6.45) is 8.53. The van der Waals surface area contributed by atoms with E-state index in [-0.39, 0.29) is 29.8 Å². The molecule has 0 radical (unpaired) electrons. The van der Waals surface area contributed by atoms with E-state index in [0.29, 0.717) is 36.9 Å². The Kier molecular flexibility index (Phi) is 9.76. The highest BCUT2D eigenvalue weighted by atomic mass is 32.2. The number of rotatable bonds is 13. The van der Waals surface area contributed by atoms with Crippen molar-refractivity contribution in [2.45, 2.75) is 82.1 Å². The van der Waals surface area contributed by atoms with Gasteiger partial charge in [0, 0.05) is 14.2 Å². The third-order valence-electron chi connectivity index (χ3n) is 10.0. The molecule has 0 amide bonds. The molecule has 0 spiro atoms. The number of unbranched alkanes of at least 4 members (excludes halogenated alkanes) is 1. The van der Waals surface area contributed by atoms with Crippen LogP contribution in [0, 0.1) is 30.1 Å². The summed E-state index contributed by atoms with van der Waals surface area (Å²) in [7, 11) is -0.403. The normalized spacial score (nSPS) is 29.0. The van der Waals surface area contributed by atoms with Crippen LogP contribution >= 0.6 is 0 Å². The lowest BCUT2D eigenvalue weighted by Crippen LogP contribution is -2.47. The average molecular weight is 587 g/mol. The molecule has 3 aliphatic carbocycles. The standard InChI is InChI=1S/C33H46O7S/c1-23-8-11-27(12-9-23)41(34,35)40-18-6-5-7-24-19-25-20-26(38-21-36-3)10-13-28(25)29-16-17-33(2)30(32(24)29)14-15-31(33)39-22-37-4/h8-13,20,24,29-32H,5-7,14-19,21-22H2,1-4H3. The fourth-order valence-electron chi connectivity index (χ4n) is 8.09. The quantitative estimate of drug-likeness (QED) is 0.148. The summed E-state index contributed by atoms with van der Waals surface area (Å²) in [4.78, 5) is 0.217. The zero-order valence-corrected chi connectivity index (χ0v) is 25.8. The van der Waals surface area contributed by atoms with Crippen LogP contribution in [0.5, 0.6) is 5.75 Å². The van der Waals surface area contributed by atoms with Gasteiger partial charge in [-0.25, -0.2) is 0 Å². The molecular weight excluding hydrogens is 540 g/mol. The molecule has 7 nitrogen and oxygen atoms in total. The Hall–Kier alpha value is -1.97. The van der Waals surface area contributed by atoms with E-state index < -0.39 is 10.1 Å². The van der Waals surface area contributed by atoms with Crippen LogP contribution in [0.25, 0.3) is 0 Å². The predicted octanol–water partition coefficient (Wildman–Crippen LogP) is 6.62. The Morgan fingerprint density at radius 3 is 2.49 bits per heavy atom. The second kappa shape index (κ2) is 13.1. The summed E-state index contributed by atoms with van der Waals surface area (Å²) < 4.78 is 53.1. The molecular formula is C33H46O7S. The van der Waals surface area contributed by atoms with Crippen molar-refractivity contribution in [1.82, 2.24) is 0 Å². The molecule has 0 N–H and O–H groups in total. The molecule has 2 aromatic carbocycles. The fourth-order valence-corrected chi connectivity index (χ4v) is 9.03. The number of ether oxygens (including phenoxy) is 4. The van der Waals surface area contributed by atoms with Crippen molar-refractivity contribution in [3.05, 3.63) is 59.2 Å². The van der Waals surface area contributed by atoms with Crippen LogP contribution in [0.1, 0.15) is 74.5 Å². The molecule has 5 rings (SSSR count). The van der Waals surface area contributed by atoms with E-state index >= 15 is 0 Å². The Labute approximate surface area is 246 Å². The number of methoxy groups -OCH3 is 2. The Balaban J connectivity index is 1.29. The topological polar surface area (TPSA) is 80.3 Å². The first-order valence-electron chi connectivity index (χ1n) is 15.1. The van der Waals surface area contributed by atoms with Crippen LogP contribution in [0.3, 0.4) is 0 Å². The van der Waals surface area contributed by atoms with Gasteiger partial charge in [0.15, 0.2) is 6.79 Å². The molecule has 0 saturated heterocycles. The van der Waals surface area contributed by atoms with Crippen molar-refractivity contribution in [2.24, 2.45) is 23.2 Å². The zero-order valence-electron chi connectivity index (χ0n) is 25.0. The van der Waals surface area contributed by atoms with Gasteiger partial charge in [-0.15, -0.1) is 0 Å². The number of aryl methyl sites for hydroxylation is 1. The first-order chi connectivity index (χ1) is 19.8. The van der Waals surface area contributed by atoms with Gasteiger partial charge in [-0.1, -0.05) is 37.1 Å². The van der Waals surface area contributed by atoms with Crippen LogP contribution in [0.4, 0.5) is 0 Å². The molecule has 3 aliphatic rings. The number of fused-ring (bicyclic) bond motifs is 5. The van der Waals surface area contributed by atoms with E-state index in [9.17, 15) is 8.42 Å². The Bertz CT molecular complexity index is 1260. The summed E-state index contributed by atoms with van der Waals surface area (Å²) in [6.45, 7) is 5.17. The zero-order chi connectivity index (χ0) is 29.0. The van der Waals surface area contributed by atoms with Crippen LogP contribution in [-0.2, 0) is 34.9 Å². The second-order valence-corrected chi connectivity index (χ2v) is 14.0. The van der Waals surface area contributed by atoms with Gasteiger partial charge in [-0.2, -0.15) is 8.42 Å². The maximum absolute atomic E-state index is 12.6. The highest BCUT2D eigenvalue weighted by Gasteiger charge is 2.57. The monoisotopic (exact) mass is 586 g/mol. The highest BCUT2D eigenvalue weighted by Crippen LogP contribution is 2.63. The maximum atomic E-state index is 12.6. The molecule has 41 heavy (non-hydrogen) atoms. The highest BCUT2D eigenvalue weighted by molar-refractivity contribution is 7.86. The van der Waals surface area contributed by atoms with E-state index in [2.05, 4.69) is 25.1 Å². The number of hydrogen-bond acceptors (Lipinski definition) is 7. The minimum absolute atomic E-state index is 0.155. The van der Waals surface area contributed by atoms with E-state index in [4.69, 9.17) is 23.1 Å². The Morgan fingerprint density at radius 1 is 0.951 bits per heavy atom. The summed E-state index contributed by atoms with van der Waals surface area (Å²) in [5.74, 6) is 3.08. The SMILES string of the molecule is COCOc1ccc2c(c1)CC(CCCCOS(=O)(=O)c1ccc(C)cc1)C1C2CCC2(C)C(OCOC)CCC12. The van der Waals surface area contributed by atoms with Crippen molar-refractivity contribution in [3.63, 3.8) is 0 Å². The van der Waals surface area contributed by atoms with Gasteiger partial charge < -0.3 is 18.9 Å². The summed E-state index contributed by atoms with van der Waals surface area (Å²) in [5, 5.41) is 0. The minimum Gasteiger partial charge on any atom is -0.468 e. The smallest absolute Gasteiger partial charge is 0.296 e. The van der Waals surface area contributed by atoms with E-state index in [1.165, 1.54) is 17.5 Å². The lowest BCUT2D eigenvalue weighted by molar-refractivity contribution is -0.128. The maximum Gasteiger partial charge on any atom is 0.296 e. The van der Waals surface area contributed by atoms with E-state index in [0.717, 1.165) is 49.8 Å². The predicted molar refractivity (Wildman–Crippen MR) is 157 cm³/mol. The molecule has 0 bridgehead atoms. The summed E-state index contributed by atoms with van der Waals surface area (Å²) >= 11 is 0. The molecule has 2 saturated carbocycles. The van der Waals surface area contributed by atoms with Gasteiger partial charge in [0.25, 0.3) is 10.1 Å². The molecule has 6 atom stereocenters. The molecule has 2 fully saturated rings. The lowest BCUT2D eigenvalue weighted by atomic mass is 9.52. The lowest BCUT2D eigenvalue weighted by Gasteiger charge is -2.53. The number of hydrogen-bond donors (Lipinski definition) is 0. The summed E-state index contributed by atoms with van der Waals surface area (Å²) in [5.41, 5.74) is 4.04. The van der Waals surface area contributed by atoms with Gasteiger partial charge in [-0.05, 0) is 116 Å². The van der Waals surface area contributed by atoms with Crippen molar-refractivity contribution in [2.75, 3.05) is 34.4 Å². The van der Waals surface area contributed by atoms with Gasteiger partial charge in [0.2, 0.25) is 0 Å². The molecule has 6 unspecified atom stereocenters. The Morgan fingerprint density at radius 2 is 1.73 bits per heavy atom. The van der Waals surface area contributed by atoms with E-state index in [1.807, 2.05) is 6.92 Å². The molecule has 226 valence electrons. The summed E-state index contributed by atoms with van der Waals surface area (Å²) in [6, 6.07) is 13.4. The van der Waals surface area contributed by atoms with Crippen molar-refractivity contribution >= 4 is 10.1 Å². The molecule has 0 aliphatic heterocycles. The first kappa shape index (κ1) is 30.5. The van der Waals surface area contributed by atoms with Crippen LogP contribution in [-0.4, -0.2) is 48.9 Å². The minimum atomic E-state index is -3.74. The van der Waals surface area contributed by atoms with Crippen molar-refractivity contribution in [1.29, 1.82) is 0 Å². The third kappa shape index (κ3) is 6.52. The average Bonchev–Trinajstić information content (AvgIpc) is 3.30. The first-order valence-corrected chi connectivity index (χ1v) is 16.5. The van der Waals surface area contributed by atoms with Gasteiger partial charge in [0.1, 0.15) is 12.5 Å². The van der Waals surface area contributed by atoms with Gasteiger partial charge >= 0.3 is 0 Å². The van der Waals surface area contributed by atoms with Gasteiger partial charge in [0.05, 0.1) is 17.6 Å². The third-order valence-corrected chi connectivity index (χ3v) is 11.4. The van der Waals surface area contributed by atoms with Crippen molar-refractivity contribution < 1.29 is 31.5 Å². The van der Waals surface area contributed by atoms with Gasteiger partial charge in [-0.3, -0.25) is 4.18 Å². The van der Waals surface area contributed by atoms with Crippen LogP contribution < -0.4 is 4.74 Å². The fraction of sp³-hybridized carbons (Fsp3) is 0.636. The molecule has 8 heteroatoms. The largest absolute Gasteiger partial charge is 0.468 e. The molecule has 2 aromatic rings. The van der Waals surface area contributed by atoms with Crippen LogP contribution in [0.2, 0.25) is 0 Å².